The van der Waals surface area contributed by atoms with Gasteiger partial charge in [-0.1, -0.05) is 12.1 Å². The molecule has 2 amide bonds. The van der Waals surface area contributed by atoms with Crippen LogP contribution in [0.1, 0.15) is 49.5 Å². The van der Waals surface area contributed by atoms with Crippen molar-refractivity contribution in [1.82, 2.24) is 24.3 Å². The van der Waals surface area contributed by atoms with Gasteiger partial charge in [0.15, 0.2) is 5.82 Å². The number of para-hydroxylation sites is 1. The highest BCUT2D eigenvalue weighted by molar-refractivity contribution is 6.01. The van der Waals surface area contributed by atoms with Crippen molar-refractivity contribution in [2.24, 2.45) is 13.0 Å². The van der Waals surface area contributed by atoms with Gasteiger partial charge in [-0.3, -0.25) is 4.79 Å². The first-order valence-corrected chi connectivity index (χ1v) is 15.3. The predicted octanol–water partition coefficient (Wildman–Crippen LogP) is 5.13. The van der Waals surface area contributed by atoms with Crippen LogP contribution in [0, 0.1) is 5.92 Å². The van der Waals surface area contributed by atoms with Gasteiger partial charge in [0.2, 0.25) is 0 Å². The normalized spacial score (nSPS) is 16.6. The molecule has 4 aromatic rings. The van der Waals surface area contributed by atoms with Crippen LogP contribution in [-0.4, -0.2) is 80.5 Å². The number of aliphatic hydroxyl groups is 1. The summed E-state index contributed by atoms with van der Waals surface area (Å²) >= 11 is 0. The number of alkyl carbamates (subject to hydrolysis) is 1. The molecule has 10 nitrogen and oxygen atoms in total. The molecule has 2 N–H and O–H groups in total. The van der Waals surface area contributed by atoms with Gasteiger partial charge in [0.05, 0.1) is 28.3 Å². The number of carbonyl (C=O) groups excluding carboxylic acids is 2. The lowest BCUT2D eigenvalue weighted by atomic mass is 9.97. The summed E-state index contributed by atoms with van der Waals surface area (Å²) in [7, 11) is 1.93. The SMILES string of the molecule is Cn1c(-c2cc3cccc(OC(F)CO)c3n2CC2CC2)nc2cc3c(cc21)CCN(C[C@@H](CF)NC(=O)OC(C)(C)C)C3=O. The van der Waals surface area contributed by atoms with Gasteiger partial charge < -0.3 is 33.9 Å². The van der Waals surface area contributed by atoms with Crippen LogP contribution in [0.3, 0.4) is 0 Å². The standard InChI is InChI=1S/C33H39F2N5O5/c1-33(2,3)45-32(43)36-22(15-34)17-39-11-10-20-12-25-24(14-23(20)31(39)42)37-30(38(25)4)26-13-21-6-5-7-27(44-28(35)18-41)29(21)40(26)16-19-8-9-19/h5-7,12-14,19,22,28,41H,8-11,15-18H2,1-4H3,(H,36,43)/t22-,28?/m1/s1. The van der Waals surface area contributed by atoms with Crippen molar-refractivity contribution < 1.29 is 33.0 Å². The average molecular weight is 624 g/mol. The largest absolute Gasteiger partial charge is 0.456 e. The second-order valence-corrected chi connectivity index (χ2v) is 13.0. The lowest BCUT2D eigenvalue weighted by Crippen LogP contribution is -2.50. The van der Waals surface area contributed by atoms with Crippen molar-refractivity contribution in [2.75, 3.05) is 26.4 Å². The van der Waals surface area contributed by atoms with Crippen LogP contribution in [0.25, 0.3) is 33.5 Å². The van der Waals surface area contributed by atoms with Crippen LogP contribution in [-0.2, 0) is 24.8 Å². The molecule has 0 saturated heterocycles. The molecule has 2 atom stereocenters. The number of hydrogen-bond donors (Lipinski definition) is 2. The van der Waals surface area contributed by atoms with Crippen LogP contribution in [0.5, 0.6) is 5.75 Å². The molecule has 2 aromatic carbocycles. The maximum Gasteiger partial charge on any atom is 0.408 e. The van der Waals surface area contributed by atoms with Gasteiger partial charge in [-0.2, -0.15) is 4.39 Å². The van der Waals surface area contributed by atoms with Gasteiger partial charge in [-0.05, 0) is 75.8 Å². The number of aromatic nitrogens is 3. The fraction of sp³-hybridized carbons (Fsp3) is 0.485. The molecule has 0 spiro atoms. The van der Waals surface area contributed by atoms with Crippen molar-refractivity contribution >= 4 is 33.9 Å². The van der Waals surface area contributed by atoms with E-state index in [-0.39, 0.29) is 12.5 Å². The molecular formula is C33H39F2N5O5. The number of carbonyl (C=O) groups is 2. The van der Waals surface area contributed by atoms with E-state index >= 15 is 0 Å². The number of rotatable bonds is 10. The smallest absolute Gasteiger partial charge is 0.408 e. The van der Waals surface area contributed by atoms with Crippen molar-refractivity contribution in [3.63, 3.8) is 0 Å². The van der Waals surface area contributed by atoms with Gasteiger partial charge in [0.1, 0.15) is 24.6 Å². The fourth-order valence-corrected chi connectivity index (χ4v) is 5.99. The molecule has 12 heteroatoms. The van der Waals surface area contributed by atoms with Crippen molar-refractivity contribution in [1.29, 1.82) is 0 Å². The Morgan fingerprint density at radius 1 is 1.22 bits per heavy atom. The molecule has 2 aliphatic rings. The van der Waals surface area contributed by atoms with E-state index in [1.807, 2.05) is 29.8 Å². The van der Waals surface area contributed by atoms with Crippen molar-refractivity contribution in [2.45, 2.75) is 64.6 Å². The maximum absolute atomic E-state index is 14.1. The Balaban J connectivity index is 1.32. The number of amides is 2. The minimum absolute atomic E-state index is 0.0151. The Morgan fingerprint density at radius 3 is 2.69 bits per heavy atom. The Morgan fingerprint density at radius 2 is 2.00 bits per heavy atom. The third kappa shape index (κ3) is 6.33. The van der Waals surface area contributed by atoms with Crippen LogP contribution in [0.15, 0.2) is 36.4 Å². The maximum atomic E-state index is 14.1. The molecule has 3 heterocycles. The van der Waals surface area contributed by atoms with Gasteiger partial charge >= 0.3 is 6.09 Å². The Hall–Kier alpha value is -4.19. The number of hydrogen-bond acceptors (Lipinski definition) is 6. The van der Waals surface area contributed by atoms with E-state index in [2.05, 4.69) is 9.88 Å². The average Bonchev–Trinajstić information content (AvgIpc) is 3.66. The van der Waals surface area contributed by atoms with Crippen molar-refractivity contribution in [3.8, 4) is 17.3 Å². The third-order valence-corrected chi connectivity index (χ3v) is 8.27. The molecule has 45 heavy (non-hydrogen) atoms. The summed E-state index contributed by atoms with van der Waals surface area (Å²) < 4.78 is 42.8. The van der Waals surface area contributed by atoms with Crippen LogP contribution >= 0.6 is 0 Å². The number of aliphatic hydroxyl groups excluding tert-OH is 1. The Bertz CT molecular complexity index is 1760. The highest BCUT2D eigenvalue weighted by atomic mass is 19.1. The zero-order valence-corrected chi connectivity index (χ0v) is 26.0. The minimum Gasteiger partial charge on any atom is -0.456 e. The first-order valence-electron chi connectivity index (χ1n) is 15.3. The van der Waals surface area contributed by atoms with E-state index in [1.165, 1.54) is 0 Å². The highest BCUT2D eigenvalue weighted by Crippen LogP contribution is 2.39. The molecule has 1 aliphatic heterocycles. The number of aryl methyl sites for hydroxylation is 1. The summed E-state index contributed by atoms with van der Waals surface area (Å²) in [4.78, 5) is 32.3. The zero-order valence-electron chi connectivity index (χ0n) is 26.0. The quantitative estimate of drug-likeness (QED) is 0.253. The predicted molar refractivity (Wildman–Crippen MR) is 166 cm³/mol. The molecule has 6 rings (SSSR count). The lowest BCUT2D eigenvalue weighted by Gasteiger charge is -2.31. The Labute approximate surface area is 259 Å². The Kier molecular flexibility index (Phi) is 8.19. The van der Waals surface area contributed by atoms with E-state index < -0.39 is 37.4 Å². The second kappa shape index (κ2) is 12.0. The number of nitrogens with zero attached hydrogens (tertiary/aromatic N) is 4. The summed E-state index contributed by atoms with van der Waals surface area (Å²) in [6.07, 6.45) is 0.217. The van der Waals surface area contributed by atoms with E-state index in [0.29, 0.717) is 41.5 Å². The summed E-state index contributed by atoms with van der Waals surface area (Å²) in [6.45, 7) is 4.71. The molecular weight excluding hydrogens is 584 g/mol. The molecule has 2 aromatic heterocycles. The summed E-state index contributed by atoms with van der Waals surface area (Å²) in [5.74, 6) is 1.30. The van der Waals surface area contributed by atoms with Crippen LogP contribution in [0.4, 0.5) is 13.6 Å². The number of imidazole rings is 1. The zero-order chi connectivity index (χ0) is 32.0. The second-order valence-electron chi connectivity index (χ2n) is 13.0. The number of halogens is 2. The van der Waals surface area contributed by atoms with E-state index in [4.69, 9.17) is 14.5 Å². The molecule has 1 fully saturated rings. The molecule has 1 aliphatic carbocycles. The molecule has 240 valence electrons. The van der Waals surface area contributed by atoms with Crippen LogP contribution in [0.2, 0.25) is 0 Å². The van der Waals surface area contributed by atoms with Crippen LogP contribution < -0.4 is 10.1 Å². The van der Waals surface area contributed by atoms with Gasteiger partial charge in [-0.25, -0.2) is 14.2 Å². The lowest BCUT2D eigenvalue weighted by molar-refractivity contribution is 0.0145. The first-order chi connectivity index (χ1) is 21.5. The van der Waals surface area contributed by atoms with Gasteiger partial charge in [-0.15, -0.1) is 0 Å². The topological polar surface area (TPSA) is 111 Å². The summed E-state index contributed by atoms with van der Waals surface area (Å²) in [6, 6.07) is 10.3. The summed E-state index contributed by atoms with van der Waals surface area (Å²) in [5, 5.41) is 12.7. The van der Waals surface area contributed by atoms with E-state index in [1.54, 1.807) is 43.9 Å². The molecule has 0 bridgehead atoms. The van der Waals surface area contributed by atoms with Crippen molar-refractivity contribution in [3.05, 3.63) is 47.5 Å². The van der Waals surface area contributed by atoms with Gasteiger partial charge in [0, 0.05) is 37.6 Å². The minimum atomic E-state index is -1.84. The fourth-order valence-electron chi connectivity index (χ4n) is 5.99. The number of alkyl halides is 2. The third-order valence-electron chi connectivity index (χ3n) is 8.27. The number of ether oxygens (including phenoxy) is 2. The first kappa shape index (κ1) is 30.8. The number of fused-ring (bicyclic) bond motifs is 3. The van der Waals surface area contributed by atoms with E-state index in [0.717, 1.165) is 47.1 Å². The van der Waals surface area contributed by atoms with Gasteiger partial charge in [0.25, 0.3) is 12.3 Å². The number of nitrogens with one attached hydrogen (secondary N) is 1. The van der Waals surface area contributed by atoms with E-state index in [9.17, 15) is 23.5 Å². The highest BCUT2D eigenvalue weighted by Gasteiger charge is 2.31. The number of benzene rings is 2. The molecule has 1 unspecified atom stereocenters. The summed E-state index contributed by atoms with van der Waals surface area (Å²) in [5.41, 5.74) is 3.74. The molecule has 1 saturated carbocycles. The molecule has 0 radical (unpaired) electrons. The monoisotopic (exact) mass is 623 g/mol.